The molecule has 0 heterocycles. The number of allylic oxidation sites excluding steroid dienone is 3. The Morgan fingerprint density at radius 1 is 0.848 bits per heavy atom. The van der Waals surface area contributed by atoms with Gasteiger partial charge in [0, 0.05) is 0 Å². The molecule has 0 bridgehead atoms. The average molecular weight is 459 g/mol. The molecule has 0 amide bonds. The Hall–Kier alpha value is -1.30. The highest BCUT2D eigenvalue weighted by molar-refractivity contribution is 5.72. The lowest BCUT2D eigenvalue weighted by atomic mass is 9.79. The molecule has 1 aromatic carbocycles. The van der Waals surface area contributed by atoms with Gasteiger partial charge < -0.3 is 0 Å². The molecule has 2 atom stereocenters. The van der Waals surface area contributed by atoms with Crippen LogP contribution in [0.1, 0.15) is 139 Å². The van der Waals surface area contributed by atoms with Crippen LogP contribution < -0.4 is 0 Å². The molecule has 1 aromatic rings. The standard InChI is InChI=1S/C14H18.C9H18.C4H8.3C2H6/c1-5-11(2)10-13(4)14-8-6-12(3)7-9-14;1-3-9-7-5-4-6-8(9)2;1-4-2-3-4;3*1-2/h6-10H,4-5H2,1-3H3;8-9H,3-7H2,1-2H3;4H,2-3H2,1H3;3*1-2H3/b11-10-;;;;;/t;8-,9?;;;;/m.0..../s1. The van der Waals surface area contributed by atoms with E-state index in [1.54, 1.807) is 0 Å². The van der Waals surface area contributed by atoms with Crippen LogP contribution in [0.2, 0.25) is 0 Å². The van der Waals surface area contributed by atoms with Gasteiger partial charge in [0.2, 0.25) is 0 Å². The van der Waals surface area contributed by atoms with E-state index in [1.165, 1.54) is 61.6 Å². The minimum atomic E-state index is 1.02. The minimum absolute atomic E-state index is 1.02. The Labute approximate surface area is 211 Å². The summed E-state index contributed by atoms with van der Waals surface area (Å²) in [5, 5.41) is 0. The lowest BCUT2D eigenvalue weighted by Crippen LogP contribution is -2.15. The van der Waals surface area contributed by atoms with Gasteiger partial charge in [-0.05, 0) is 49.2 Å². The number of benzene rings is 1. The first kappa shape index (κ1) is 36.3. The highest BCUT2D eigenvalue weighted by Crippen LogP contribution is 2.31. The lowest BCUT2D eigenvalue weighted by molar-refractivity contribution is 0.249. The number of rotatable bonds is 4. The van der Waals surface area contributed by atoms with Crippen LogP contribution in [-0.4, -0.2) is 0 Å². The SMILES string of the molecule is C=C(/C=C(/C)CC)c1ccc(C)cc1.CC.CC.CC.CC1CC1.CCC1CCCC[C@@H]1C. The molecule has 3 rings (SSSR count). The molecule has 194 valence electrons. The number of hydrogen-bond donors (Lipinski definition) is 0. The molecule has 0 spiro atoms. The fourth-order valence-electron chi connectivity index (χ4n) is 3.42. The summed E-state index contributed by atoms with van der Waals surface area (Å²) >= 11 is 0. The summed E-state index contributed by atoms with van der Waals surface area (Å²) in [5.74, 6) is 3.16. The quantitative estimate of drug-likeness (QED) is 0.393. The molecule has 0 saturated heterocycles. The van der Waals surface area contributed by atoms with Gasteiger partial charge in [0.1, 0.15) is 0 Å². The highest BCUT2D eigenvalue weighted by atomic mass is 14.2. The molecule has 0 radical (unpaired) electrons. The van der Waals surface area contributed by atoms with Crippen molar-refractivity contribution < 1.29 is 0 Å². The Bertz CT molecular complexity index is 556. The second kappa shape index (κ2) is 25.3. The third kappa shape index (κ3) is 21.0. The third-order valence-electron chi connectivity index (χ3n) is 6.08. The van der Waals surface area contributed by atoms with Crippen molar-refractivity contribution in [3.8, 4) is 0 Å². The zero-order valence-electron chi connectivity index (χ0n) is 25.0. The van der Waals surface area contributed by atoms with Crippen LogP contribution in [0, 0.1) is 24.7 Å². The van der Waals surface area contributed by atoms with E-state index in [4.69, 9.17) is 0 Å². The summed E-state index contributed by atoms with van der Waals surface area (Å²) in [7, 11) is 0. The molecular formula is C33H62. The van der Waals surface area contributed by atoms with Gasteiger partial charge in [0.15, 0.2) is 0 Å². The monoisotopic (exact) mass is 458 g/mol. The second-order valence-corrected chi connectivity index (χ2v) is 8.85. The first-order valence-electron chi connectivity index (χ1n) is 14.3. The van der Waals surface area contributed by atoms with E-state index in [2.05, 4.69) is 78.5 Å². The van der Waals surface area contributed by atoms with Crippen molar-refractivity contribution in [1.29, 1.82) is 0 Å². The predicted octanol–water partition coefficient (Wildman–Crippen LogP) is 12.1. The van der Waals surface area contributed by atoms with Crippen LogP contribution in [0.5, 0.6) is 0 Å². The lowest BCUT2D eigenvalue weighted by Gasteiger charge is -2.27. The van der Waals surface area contributed by atoms with Gasteiger partial charge in [-0.25, -0.2) is 0 Å². The molecular weight excluding hydrogens is 396 g/mol. The average Bonchev–Trinajstić information content (AvgIpc) is 3.66. The van der Waals surface area contributed by atoms with E-state index >= 15 is 0 Å². The van der Waals surface area contributed by atoms with Crippen LogP contribution in [-0.2, 0) is 0 Å². The van der Waals surface area contributed by atoms with Crippen molar-refractivity contribution in [1.82, 2.24) is 0 Å². The molecule has 1 unspecified atom stereocenters. The van der Waals surface area contributed by atoms with Gasteiger partial charge in [-0.2, -0.15) is 0 Å². The molecule has 0 aliphatic heterocycles. The number of aryl methyl sites for hydroxylation is 1. The molecule has 2 saturated carbocycles. The first-order chi connectivity index (χ1) is 15.9. The fourth-order valence-corrected chi connectivity index (χ4v) is 3.42. The minimum Gasteiger partial charge on any atom is -0.0912 e. The highest BCUT2D eigenvalue weighted by Gasteiger charge is 2.18. The largest absolute Gasteiger partial charge is 0.0912 e. The van der Waals surface area contributed by atoms with E-state index in [1.807, 2.05) is 41.5 Å². The normalized spacial score (nSPS) is 18.6. The molecule has 2 aliphatic carbocycles. The molecule has 33 heavy (non-hydrogen) atoms. The van der Waals surface area contributed by atoms with Gasteiger partial charge >= 0.3 is 0 Å². The van der Waals surface area contributed by atoms with E-state index in [-0.39, 0.29) is 0 Å². The Morgan fingerprint density at radius 2 is 1.30 bits per heavy atom. The Balaban J connectivity index is -0.000000404. The molecule has 0 heteroatoms. The van der Waals surface area contributed by atoms with Crippen molar-refractivity contribution in [3.63, 3.8) is 0 Å². The van der Waals surface area contributed by atoms with Crippen LogP contribution in [0.3, 0.4) is 0 Å². The van der Waals surface area contributed by atoms with Crippen molar-refractivity contribution in [2.75, 3.05) is 0 Å². The van der Waals surface area contributed by atoms with E-state index in [0.717, 1.165) is 29.7 Å². The summed E-state index contributed by atoms with van der Waals surface area (Å²) in [6, 6.07) is 8.49. The smallest absolute Gasteiger partial charge is 0.0190 e. The summed E-state index contributed by atoms with van der Waals surface area (Å²) in [4.78, 5) is 0. The van der Waals surface area contributed by atoms with Crippen LogP contribution in [0.15, 0.2) is 42.5 Å². The first-order valence-corrected chi connectivity index (χ1v) is 14.3. The summed E-state index contributed by atoms with van der Waals surface area (Å²) in [6.45, 7) is 29.5. The second-order valence-electron chi connectivity index (χ2n) is 8.85. The summed E-state index contributed by atoms with van der Waals surface area (Å²) < 4.78 is 0. The maximum absolute atomic E-state index is 4.07. The Morgan fingerprint density at radius 3 is 1.64 bits per heavy atom. The van der Waals surface area contributed by atoms with Gasteiger partial charge in [0.25, 0.3) is 0 Å². The molecule has 0 aromatic heterocycles. The van der Waals surface area contributed by atoms with Gasteiger partial charge in [-0.1, -0.05) is 162 Å². The van der Waals surface area contributed by atoms with E-state index < -0.39 is 0 Å². The van der Waals surface area contributed by atoms with Crippen LogP contribution in [0.25, 0.3) is 5.57 Å². The molecule has 0 nitrogen and oxygen atoms in total. The zero-order valence-corrected chi connectivity index (χ0v) is 25.0. The van der Waals surface area contributed by atoms with Crippen LogP contribution in [0.4, 0.5) is 0 Å². The van der Waals surface area contributed by atoms with Crippen molar-refractivity contribution in [2.45, 2.75) is 134 Å². The third-order valence-corrected chi connectivity index (χ3v) is 6.08. The molecule has 2 aliphatic rings. The van der Waals surface area contributed by atoms with Crippen LogP contribution >= 0.6 is 0 Å². The van der Waals surface area contributed by atoms with Gasteiger partial charge in [-0.15, -0.1) is 0 Å². The summed E-state index contributed by atoms with van der Waals surface area (Å²) in [5.41, 5.74) is 4.97. The molecule has 0 N–H and O–H groups in total. The predicted molar refractivity (Wildman–Crippen MR) is 158 cm³/mol. The maximum Gasteiger partial charge on any atom is -0.0190 e. The Kier molecular flexibility index (Phi) is 27.8. The number of hydrogen-bond acceptors (Lipinski definition) is 0. The van der Waals surface area contributed by atoms with Crippen molar-refractivity contribution in [2.24, 2.45) is 17.8 Å². The van der Waals surface area contributed by atoms with E-state index in [9.17, 15) is 0 Å². The van der Waals surface area contributed by atoms with Crippen molar-refractivity contribution in [3.05, 3.63) is 53.6 Å². The van der Waals surface area contributed by atoms with Gasteiger partial charge in [-0.3, -0.25) is 0 Å². The topological polar surface area (TPSA) is 0 Å². The van der Waals surface area contributed by atoms with Crippen molar-refractivity contribution >= 4 is 5.57 Å². The maximum atomic E-state index is 4.07. The fraction of sp³-hybridized carbons (Fsp3) is 0.697. The summed E-state index contributed by atoms with van der Waals surface area (Å²) in [6.07, 6.45) is 13.6. The van der Waals surface area contributed by atoms with Gasteiger partial charge in [0.05, 0.1) is 0 Å². The molecule has 2 fully saturated rings. The van der Waals surface area contributed by atoms with E-state index in [0.29, 0.717) is 0 Å². The zero-order chi connectivity index (χ0) is 26.2.